The van der Waals surface area contributed by atoms with Gasteiger partial charge in [0, 0.05) is 59.0 Å². The zero-order chi connectivity index (χ0) is 46.0. The summed E-state index contributed by atoms with van der Waals surface area (Å²) in [5, 5.41) is 62.1. The summed E-state index contributed by atoms with van der Waals surface area (Å²) in [7, 11) is 0. The van der Waals surface area contributed by atoms with Crippen LogP contribution in [0, 0.1) is 23.7 Å². The van der Waals surface area contributed by atoms with Gasteiger partial charge in [-0.2, -0.15) is 0 Å². The second-order valence-corrected chi connectivity index (χ2v) is 19.5. The maximum absolute atomic E-state index is 15.4. The summed E-state index contributed by atoms with van der Waals surface area (Å²) in [5.41, 5.74) is 3.04. The summed E-state index contributed by atoms with van der Waals surface area (Å²) < 4.78 is 12.6. The fraction of sp³-hybridized carbons (Fsp3) is 0.537. The van der Waals surface area contributed by atoms with Gasteiger partial charge < -0.3 is 40.3 Å². The number of ketones is 1. The fourth-order valence-corrected chi connectivity index (χ4v) is 11.6. The molecule has 8 bridgehead atoms. The molecule has 3 aliphatic heterocycles. The van der Waals surface area contributed by atoms with Gasteiger partial charge >= 0.3 is 11.9 Å². The molecule has 11 heteroatoms. The Bertz CT molecular complexity index is 2390. The molecule has 3 aromatic rings. The van der Waals surface area contributed by atoms with E-state index in [0.717, 1.165) is 30.4 Å². The number of benzene rings is 3. The van der Waals surface area contributed by atoms with Crippen molar-refractivity contribution >= 4 is 23.4 Å². The molecule has 2 fully saturated rings. The molecule has 0 aromatic heterocycles. The third-order valence-corrected chi connectivity index (χ3v) is 15.1. The highest BCUT2D eigenvalue weighted by Crippen LogP contribution is 2.48. The Morgan fingerprint density at radius 3 is 2.48 bits per heavy atom. The molecule has 8 atom stereocenters. The standard InChI is InChI=1S/C54H65NO10/c1-4-16-54(63)42-14-15-46(58)38(24-42)19-33-10-9-11-41(21-33)53(17-7-6-8-18-53)47(59)27-40-23-35(37-20-34(31-56)22-43(25-37)55-30-32(3)57)12-13-36-29-49(60)65-51-44(5-2)50(61)39(26-45(36)51)28-48(54)64-52(40)62/h9-11,20-22,25-27,32,35-36,38,42,47-48,55-57,59,61,63H,4-8,14-19,23-24,28-31H2,1-3H3/b40-27-/t32-,35+,36+,38-,42+,47+,48+,54-/m0/s1. The molecule has 8 rings (SSSR count). The number of aliphatic hydroxyl groups excluding tert-OH is 3. The number of phenolic OH excluding ortho intramolecular Hbond substituents is 1. The SMILES string of the molecule is CCC[C@]1(O)[C@@H]2CCC(=O)[C@@H](Cc3cccc(c3)C3(CCCCC3)[C@H](O)/C=C3/C[C@H](c4cc(CO)cc(NC[C@H](C)O)c4)C#C[C@@H]4CC(=O)Oc5c4cc(c(O)c5CC)C[C@H]1OC3=O)C2. The Labute approximate surface area is 382 Å². The fourth-order valence-electron chi connectivity index (χ4n) is 11.6. The monoisotopic (exact) mass is 887 g/mol. The summed E-state index contributed by atoms with van der Waals surface area (Å²) in [6.07, 6.45) is 5.25. The number of carbonyl (C=O) groups is 3. The number of aromatic hydroxyl groups is 1. The Balaban J connectivity index is 1.39. The number of Topliss-reactive ketones (excluding diaryl/α,β-unsaturated/α-hetero) is 1. The molecule has 0 saturated heterocycles. The molecule has 2 saturated carbocycles. The van der Waals surface area contributed by atoms with Gasteiger partial charge in [0.2, 0.25) is 0 Å². The summed E-state index contributed by atoms with van der Waals surface area (Å²) >= 11 is 0. The molecule has 2 aliphatic carbocycles. The second-order valence-electron chi connectivity index (χ2n) is 19.5. The molecule has 3 aromatic carbocycles. The topological polar surface area (TPSA) is 183 Å². The highest BCUT2D eigenvalue weighted by Gasteiger charge is 2.50. The molecule has 1 spiro atoms. The van der Waals surface area contributed by atoms with Crippen molar-refractivity contribution < 1.29 is 49.4 Å². The molecule has 5 aliphatic rings. The Morgan fingerprint density at radius 1 is 0.954 bits per heavy atom. The molecular weight excluding hydrogens is 823 g/mol. The number of hydrogen-bond acceptors (Lipinski definition) is 11. The van der Waals surface area contributed by atoms with E-state index in [4.69, 9.17) is 9.47 Å². The molecule has 65 heavy (non-hydrogen) atoms. The summed E-state index contributed by atoms with van der Waals surface area (Å²) in [5.74, 6) is 3.70. The average molecular weight is 888 g/mol. The molecule has 0 radical (unpaired) electrons. The number of nitrogens with one attached hydrogen (secondary N) is 1. The van der Waals surface area contributed by atoms with E-state index in [9.17, 15) is 35.1 Å². The lowest BCUT2D eigenvalue weighted by molar-refractivity contribution is -0.176. The van der Waals surface area contributed by atoms with Crippen LogP contribution in [0.15, 0.2) is 60.2 Å². The third-order valence-electron chi connectivity index (χ3n) is 15.1. The third kappa shape index (κ3) is 9.51. The minimum atomic E-state index is -1.63. The first-order valence-corrected chi connectivity index (χ1v) is 23.9. The zero-order valence-electron chi connectivity index (χ0n) is 38.0. The van der Waals surface area contributed by atoms with Crippen molar-refractivity contribution in [3.05, 3.63) is 99.1 Å². The summed E-state index contributed by atoms with van der Waals surface area (Å²) in [4.78, 5) is 42.6. The number of esters is 2. The van der Waals surface area contributed by atoms with Gasteiger partial charge in [0.1, 0.15) is 29.0 Å². The van der Waals surface area contributed by atoms with Gasteiger partial charge in [0.25, 0.3) is 0 Å². The lowest BCUT2D eigenvalue weighted by Gasteiger charge is -2.45. The van der Waals surface area contributed by atoms with Gasteiger partial charge in [-0.15, -0.1) is 0 Å². The number of aliphatic hydroxyl groups is 4. The number of fused-ring (bicyclic) bond motifs is 9. The Morgan fingerprint density at radius 2 is 1.74 bits per heavy atom. The first-order chi connectivity index (χ1) is 31.2. The van der Waals surface area contributed by atoms with E-state index in [1.54, 1.807) is 25.1 Å². The van der Waals surface area contributed by atoms with E-state index in [2.05, 4.69) is 23.2 Å². The largest absolute Gasteiger partial charge is 0.507 e. The summed E-state index contributed by atoms with van der Waals surface area (Å²) in [6, 6.07) is 15.5. The van der Waals surface area contributed by atoms with Crippen LogP contribution in [-0.2, 0) is 50.4 Å². The highest BCUT2D eigenvalue weighted by atomic mass is 16.6. The number of hydrogen-bond donors (Lipinski definition) is 6. The van der Waals surface area contributed by atoms with Crippen LogP contribution >= 0.6 is 0 Å². The molecule has 11 nitrogen and oxygen atoms in total. The maximum Gasteiger partial charge on any atom is 0.334 e. The van der Waals surface area contributed by atoms with Crippen LogP contribution in [0.3, 0.4) is 0 Å². The minimum Gasteiger partial charge on any atom is -0.507 e. The first kappa shape index (κ1) is 46.5. The van der Waals surface area contributed by atoms with E-state index in [0.29, 0.717) is 78.5 Å². The van der Waals surface area contributed by atoms with Gasteiger partial charge in [-0.3, -0.25) is 9.59 Å². The molecule has 0 unspecified atom stereocenters. The molecule has 6 N–H and O–H groups in total. The van der Waals surface area contributed by atoms with Crippen molar-refractivity contribution in [1.29, 1.82) is 0 Å². The molecule has 0 amide bonds. The highest BCUT2D eigenvalue weighted by molar-refractivity contribution is 5.89. The quantitative estimate of drug-likeness (QED) is 0.0747. The van der Waals surface area contributed by atoms with Crippen molar-refractivity contribution in [2.45, 2.75) is 165 Å². The van der Waals surface area contributed by atoms with Gasteiger partial charge in [-0.1, -0.05) is 81.7 Å². The van der Waals surface area contributed by atoms with Gasteiger partial charge in [-0.25, -0.2) is 4.79 Å². The van der Waals surface area contributed by atoms with Gasteiger partial charge in [0.15, 0.2) is 0 Å². The predicted molar refractivity (Wildman–Crippen MR) is 246 cm³/mol. The van der Waals surface area contributed by atoms with Crippen molar-refractivity contribution in [3.8, 4) is 23.3 Å². The average Bonchev–Trinajstić information content (AvgIpc) is 3.30. The number of anilines is 1. The van der Waals surface area contributed by atoms with Crippen LogP contribution in [0.4, 0.5) is 5.69 Å². The van der Waals surface area contributed by atoms with Gasteiger partial charge in [-0.05, 0) is 116 Å². The van der Waals surface area contributed by atoms with E-state index in [1.807, 2.05) is 44.2 Å². The van der Waals surface area contributed by atoms with Crippen LogP contribution < -0.4 is 10.1 Å². The molecule has 346 valence electrons. The number of carbonyl (C=O) groups excluding carboxylic acids is 3. The van der Waals surface area contributed by atoms with Crippen LogP contribution in [0.25, 0.3) is 0 Å². The first-order valence-electron chi connectivity index (χ1n) is 23.9. The van der Waals surface area contributed by atoms with E-state index in [1.165, 1.54) is 0 Å². The smallest absolute Gasteiger partial charge is 0.334 e. The second kappa shape index (κ2) is 19.5. The molecule has 3 heterocycles. The lowest BCUT2D eigenvalue weighted by Crippen LogP contribution is -2.54. The van der Waals surface area contributed by atoms with E-state index in [-0.39, 0.29) is 74.0 Å². The van der Waals surface area contributed by atoms with Crippen molar-refractivity contribution in [1.82, 2.24) is 0 Å². The van der Waals surface area contributed by atoms with Crippen LogP contribution in [0.1, 0.15) is 149 Å². The zero-order valence-corrected chi connectivity index (χ0v) is 38.0. The van der Waals surface area contributed by atoms with Crippen molar-refractivity contribution in [3.63, 3.8) is 0 Å². The number of phenols is 1. The normalized spacial score (nSPS) is 28.9. The number of rotatable bonds is 8. The minimum absolute atomic E-state index is 0.0320. The van der Waals surface area contributed by atoms with E-state index >= 15 is 4.79 Å². The summed E-state index contributed by atoms with van der Waals surface area (Å²) in [6.45, 7) is 5.45. The van der Waals surface area contributed by atoms with Crippen molar-refractivity contribution in [2.24, 2.45) is 11.8 Å². The molecular formula is C54H65NO10. The van der Waals surface area contributed by atoms with Crippen molar-refractivity contribution in [2.75, 3.05) is 11.9 Å². The Hall–Kier alpha value is -4.99. The lowest BCUT2D eigenvalue weighted by atomic mass is 9.64. The van der Waals surface area contributed by atoms with Crippen LogP contribution in [0.5, 0.6) is 11.5 Å². The number of ether oxygens (including phenoxy) is 2. The van der Waals surface area contributed by atoms with Gasteiger partial charge in [0.05, 0.1) is 31.2 Å². The van der Waals surface area contributed by atoms with Crippen LogP contribution in [0.2, 0.25) is 0 Å². The maximum atomic E-state index is 15.4. The van der Waals surface area contributed by atoms with E-state index < -0.39 is 59.0 Å². The Kier molecular flexibility index (Phi) is 13.9. The van der Waals surface area contributed by atoms with Crippen LogP contribution in [-0.4, -0.2) is 73.7 Å². The predicted octanol–water partition coefficient (Wildman–Crippen LogP) is 7.54.